The Labute approximate surface area is 241 Å². The van der Waals surface area contributed by atoms with Crippen molar-refractivity contribution in [3.05, 3.63) is 58.3 Å². The van der Waals surface area contributed by atoms with Crippen molar-refractivity contribution in [2.45, 2.75) is 66.2 Å². The van der Waals surface area contributed by atoms with E-state index in [4.69, 9.17) is 14.5 Å². The van der Waals surface area contributed by atoms with E-state index in [1.807, 2.05) is 39.0 Å². The summed E-state index contributed by atoms with van der Waals surface area (Å²) in [5, 5.41) is 14.0. The summed E-state index contributed by atoms with van der Waals surface area (Å²) in [5.41, 5.74) is 6.68. The van der Waals surface area contributed by atoms with Gasteiger partial charge in [-0.05, 0) is 88.4 Å². The largest absolute Gasteiger partial charge is 0.490 e. The van der Waals surface area contributed by atoms with E-state index >= 15 is 0 Å². The quantitative estimate of drug-likeness (QED) is 0.382. The predicted molar refractivity (Wildman–Crippen MR) is 160 cm³/mol. The second-order valence-corrected chi connectivity index (χ2v) is 13.6. The third kappa shape index (κ3) is 4.82. The molecule has 0 amide bonds. The molecule has 3 aromatic rings. The number of nitrogens with one attached hydrogen (secondary N) is 1. The van der Waals surface area contributed by atoms with Crippen LogP contribution in [0.15, 0.2) is 30.5 Å². The first-order valence-electron chi connectivity index (χ1n) is 13.7. The fourth-order valence-electron chi connectivity index (χ4n) is 6.20. The summed E-state index contributed by atoms with van der Waals surface area (Å²) in [7, 11) is -3.78. The number of sulfonamides is 1. The summed E-state index contributed by atoms with van der Waals surface area (Å²) >= 11 is 0. The van der Waals surface area contributed by atoms with Gasteiger partial charge in [-0.1, -0.05) is 12.1 Å². The highest BCUT2D eigenvalue weighted by molar-refractivity contribution is 7.92. The summed E-state index contributed by atoms with van der Waals surface area (Å²) in [5.74, 6) is -0.426. The van der Waals surface area contributed by atoms with Crippen LogP contribution < -0.4 is 14.4 Å². The molecule has 1 aromatic heterocycles. The van der Waals surface area contributed by atoms with Crippen LogP contribution >= 0.6 is 0 Å². The van der Waals surface area contributed by atoms with E-state index in [2.05, 4.69) is 5.32 Å². The van der Waals surface area contributed by atoms with Crippen LogP contribution in [0.2, 0.25) is 0 Å². The van der Waals surface area contributed by atoms with E-state index in [1.165, 1.54) is 10.6 Å². The fraction of sp³-hybridized carbons (Fsp3) is 0.419. The van der Waals surface area contributed by atoms with E-state index in [0.717, 1.165) is 33.7 Å². The van der Waals surface area contributed by atoms with E-state index in [-0.39, 0.29) is 0 Å². The van der Waals surface area contributed by atoms with Crippen molar-refractivity contribution in [3.63, 3.8) is 0 Å². The predicted octanol–water partition coefficient (Wildman–Crippen LogP) is 5.93. The summed E-state index contributed by atoms with van der Waals surface area (Å²) < 4.78 is 40.2. The van der Waals surface area contributed by atoms with Gasteiger partial charge in [-0.25, -0.2) is 13.2 Å². The Morgan fingerprint density at radius 2 is 1.85 bits per heavy atom. The number of anilines is 2. The number of carbonyl (C=O) groups is 1. The first-order valence-corrected chi connectivity index (χ1v) is 15.5. The lowest BCUT2D eigenvalue weighted by Gasteiger charge is -2.40. The Morgan fingerprint density at radius 3 is 2.49 bits per heavy atom. The SMILES string of the molecule is Cc1c(-c2c(C)c3c(c(C)c2C(OC(C)(C)C)C(=O)O)N(S(C)(=O)=O)[C@@H](C)c2cccnc2-3)ccc2c1NCCO2. The smallest absolute Gasteiger partial charge is 0.337 e. The molecule has 5 rings (SSSR count). The molecule has 1 unspecified atom stereocenters. The summed E-state index contributed by atoms with van der Waals surface area (Å²) in [6, 6.07) is 6.98. The van der Waals surface area contributed by atoms with E-state index < -0.39 is 33.7 Å². The van der Waals surface area contributed by atoms with Crippen molar-refractivity contribution in [3.8, 4) is 28.1 Å². The Bertz CT molecular complexity index is 1680. The second-order valence-electron chi connectivity index (χ2n) is 11.8. The molecule has 218 valence electrons. The molecule has 10 heteroatoms. The summed E-state index contributed by atoms with van der Waals surface area (Å²) in [6.07, 6.45) is 1.51. The average Bonchev–Trinajstić information content (AvgIpc) is 2.89. The number of benzene rings is 2. The monoisotopic (exact) mass is 579 g/mol. The Balaban J connectivity index is 1.98. The van der Waals surface area contributed by atoms with Crippen molar-refractivity contribution < 1.29 is 27.8 Å². The molecule has 2 aromatic carbocycles. The lowest BCUT2D eigenvalue weighted by Crippen LogP contribution is -2.37. The molecule has 2 N–H and O–H groups in total. The standard InChI is InChI=1S/C31H37N3O6S/c1-16-20(11-12-22-26(16)33-14-15-39-22)23-17(2)25-27-21(10-9-13-32-27)19(4)34(41(8,37)38)28(25)18(3)24(23)29(30(35)36)40-31(5,6)7/h9-13,19,29,33H,14-15H2,1-8H3,(H,35,36)/t19-,29?/m0/s1. The number of fused-ring (bicyclic) bond motifs is 4. The van der Waals surface area contributed by atoms with Crippen LogP contribution in [-0.2, 0) is 19.6 Å². The van der Waals surface area contributed by atoms with E-state index in [1.54, 1.807) is 40.0 Å². The number of carboxylic acid groups (broad SMARTS) is 1. The highest BCUT2D eigenvalue weighted by atomic mass is 32.2. The number of carboxylic acids is 1. The van der Waals surface area contributed by atoms with Gasteiger partial charge >= 0.3 is 5.97 Å². The van der Waals surface area contributed by atoms with Gasteiger partial charge < -0.3 is 19.9 Å². The van der Waals surface area contributed by atoms with Crippen LogP contribution in [0.25, 0.3) is 22.4 Å². The first-order chi connectivity index (χ1) is 19.1. The number of aromatic nitrogens is 1. The van der Waals surface area contributed by atoms with Gasteiger partial charge in [0, 0.05) is 29.4 Å². The van der Waals surface area contributed by atoms with E-state index in [9.17, 15) is 18.3 Å². The van der Waals surface area contributed by atoms with Crippen LogP contribution in [-0.4, -0.2) is 49.5 Å². The lowest BCUT2D eigenvalue weighted by atomic mass is 9.79. The Hall–Kier alpha value is -3.63. The van der Waals surface area contributed by atoms with Gasteiger partial charge in [-0.15, -0.1) is 0 Å². The molecule has 0 bridgehead atoms. The van der Waals surface area contributed by atoms with Crippen molar-refractivity contribution in [2.24, 2.45) is 0 Å². The number of rotatable bonds is 5. The zero-order valence-corrected chi connectivity index (χ0v) is 25.6. The molecule has 0 saturated carbocycles. The first kappa shape index (κ1) is 28.9. The molecule has 0 spiro atoms. The number of pyridine rings is 1. The minimum atomic E-state index is -3.78. The van der Waals surface area contributed by atoms with Crippen LogP contribution in [0.5, 0.6) is 5.75 Å². The average molecular weight is 580 g/mol. The Morgan fingerprint density at radius 1 is 1.15 bits per heavy atom. The van der Waals surface area contributed by atoms with Crippen LogP contribution in [0, 0.1) is 20.8 Å². The highest BCUT2D eigenvalue weighted by Crippen LogP contribution is 2.54. The molecular weight excluding hydrogens is 542 g/mol. The zero-order valence-electron chi connectivity index (χ0n) is 24.7. The molecule has 41 heavy (non-hydrogen) atoms. The third-order valence-electron chi connectivity index (χ3n) is 7.79. The molecular formula is C31H37N3O6S. The molecule has 0 fully saturated rings. The summed E-state index contributed by atoms with van der Waals surface area (Å²) in [4.78, 5) is 17.7. The number of hydrogen-bond donors (Lipinski definition) is 2. The van der Waals surface area contributed by atoms with Gasteiger partial charge in [-0.2, -0.15) is 0 Å². The van der Waals surface area contributed by atoms with Gasteiger partial charge in [0.15, 0.2) is 6.10 Å². The van der Waals surface area contributed by atoms with Gasteiger partial charge in [0.1, 0.15) is 12.4 Å². The van der Waals surface area contributed by atoms with Gasteiger partial charge in [-0.3, -0.25) is 9.29 Å². The molecule has 2 aliphatic rings. The van der Waals surface area contributed by atoms with Crippen molar-refractivity contribution in [1.82, 2.24) is 4.98 Å². The topological polar surface area (TPSA) is 118 Å². The van der Waals surface area contributed by atoms with Crippen molar-refractivity contribution >= 4 is 27.4 Å². The van der Waals surface area contributed by atoms with E-state index in [0.29, 0.717) is 46.8 Å². The minimum Gasteiger partial charge on any atom is -0.490 e. The molecule has 0 saturated heterocycles. The minimum absolute atomic E-state index is 0.420. The van der Waals surface area contributed by atoms with Crippen molar-refractivity contribution in [2.75, 3.05) is 29.0 Å². The number of aliphatic carboxylic acids is 1. The molecule has 3 heterocycles. The summed E-state index contributed by atoms with van der Waals surface area (Å²) in [6.45, 7) is 14.1. The van der Waals surface area contributed by atoms with Crippen LogP contribution in [0.4, 0.5) is 11.4 Å². The number of hydrogen-bond acceptors (Lipinski definition) is 7. The normalized spacial score (nSPS) is 17.1. The van der Waals surface area contributed by atoms with Crippen molar-refractivity contribution in [1.29, 1.82) is 0 Å². The maximum absolute atomic E-state index is 13.4. The highest BCUT2D eigenvalue weighted by Gasteiger charge is 2.41. The molecule has 0 aliphatic carbocycles. The number of nitrogens with zero attached hydrogens (tertiary/aromatic N) is 2. The van der Waals surface area contributed by atoms with Gasteiger partial charge in [0.2, 0.25) is 10.0 Å². The second kappa shape index (κ2) is 10.0. The molecule has 0 radical (unpaired) electrons. The maximum atomic E-state index is 13.4. The maximum Gasteiger partial charge on any atom is 0.337 e. The molecule has 2 atom stereocenters. The number of ether oxygens (including phenoxy) is 2. The van der Waals surface area contributed by atoms with Gasteiger partial charge in [0.25, 0.3) is 0 Å². The molecule has 9 nitrogen and oxygen atoms in total. The lowest BCUT2D eigenvalue weighted by molar-refractivity contribution is -0.160. The fourth-order valence-corrected chi connectivity index (χ4v) is 7.45. The Kier molecular flexibility index (Phi) is 7.06. The zero-order chi connectivity index (χ0) is 30.0. The van der Waals surface area contributed by atoms with Crippen LogP contribution in [0.1, 0.15) is 67.7 Å². The third-order valence-corrected chi connectivity index (χ3v) is 9.00. The molecule has 2 aliphatic heterocycles. The van der Waals surface area contributed by atoms with Gasteiger partial charge in [0.05, 0.1) is 35.0 Å². The van der Waals surface area contributed by atoms with Crippen LogP contribution in [0.3, 0.4) is 0 Å².